The third kappa shape index (κ3) is 3.61. The second kappa shape index (κ2) is 6.11. The van der Waals surface area contributed by atoms with E-state index in [1.165, 1.54) is 18.2 Å². The van der Waals surface area contributed by atoms with E-state index in [0.29, 0.717) is 20.9 Å². The van der Waals surface area contributed by atoms with Crippen molar-refractivity contribution in [2.75, 3.05) is 0 Å². The second-order valence-electron chi connectivity index (χ2n) is 4.14. The molecule has 0 aromatic heterocycles. The minimum Gasteiger partial charge on any atom is -0.388 e. The number of rotatable bonds is 3. The summed E-state index contributed by atoms with van der Waals surface area (Å²) in [5.41, 5.74) is 1.40. The van der Waals surface area contributed by atoms with Crippen molar-refractivity contribution >= 4 is 31.9 Å². The monoisotopic (exact) mass is 390 g/mol. The molecule has 1 N–H and O–H groups in total. The van der Waals surface area contributed by atoms with Gasteiger partial charge in [0.05, 0.1) is 15.0 Å². The molecule has 0 aliphatic heterocycles. The lowest BCUT2D eigenvalue weighted by Crippen LogP contribution is -2.02. The van der Waals surface area contributed by atoms with Crippen molar-refractivity contribution < 1.29 is 13.9 Å². The molecule has 0 aliphatic rings. The van der Waals surface area contributed by atoms with Gasteiger partial charge < -0.3 is 5.11 Å². The van der Waals surface area contributed by atoms with Crippen molar-refractivity contribution in [3.8, 4) is 0 Å². The van der Waals surface area contributed by atoms with E-state index in [0.717, 1.165) is 5.56 Å². The van der Waals surface area contributed by atoms with Crippen LogP contribution in [0, 0.1) is 11.6 Å². The lowest BCUT2D eigenvalue weighted by Gasteiger charge is -2.12. The van der Waals surface area contributed by atoms with E-state index in [2.05, 4.69) is 31.9 Å². The highest BCUT2D eigenvalue weighted by Gasteiger charge is 2.11. The van der Waals surface area contributed by atoms with Gasteiger partial charge in [-0.05, 0) is 67.3 Å². The van der Waals surface area contributed by atoms with Gasteiger partial charge in [-0.1, -0.05) is 12.1 Å². The van der Waals surface area contributed by atoms with Gasteiger partial charge in [0.2, 0.25) is 0 Å². The quantitative estimate of drug-likeness (QED) is 0.799. The number of aliphatic hydroxyl groups is 1. The fourth-order valence-electron chi connectivity index (χ4n) is 1.73. The topological polar surface area (TPSA) is 20.2 Å². The molecule has 2 rings (SSSR count). The predicted octanol–water partition coefficient (Wildman–Crippen LogP) is 4.77. The molecule has 100 valence electrons. The predicted molar refractivity (Wildman–Crippen MR) is 76.9 cm³/mol. The Kier molecular flexibility index (Phi) is 4.71. The summed E-state index contributed by atoms with van der Waals surface area (Å²) >= 11 is 6.18. The lowest BCUT2D eigenvalue weighted by atomic mass is 10.0. The van der Waals surface area contributed by atoms with E-state index in [9.17, 15) is 13.9 Å². The Morgan fingerprint density at radius 3 is 2.11 bits per heavy atom. The van der Waals surface area contributed by atoms with Crippen molar-refractivity contribution in [1.82, 2.24) is 0 Å². The third-order valence-corrected chi connectivity index (χ3v) is 3.96. The molecule has 1 unspecified atom stereocenters. The normalized spacial score (nSPS) is 12.5. The van der Waals surface area contributed by atoms with E-state index in [1.807, 2.05) is 0 Å². The summed E-state index contributed by atoms with van der Waals surface area (Å²) in [6, 6.07) is 8.94. The van der Waals surface area contributed by atoms with Crippen LogP contribution in [0.3, 0.4) is 0 Å². The lowest BCUT2D eigenvalue weighted by molar-refractivity contribution is 0.178. The van der Waals surface area contributed by atoms with Crippen molar-refractivity contribution in [2.24, 2.45) is 0 Å². The Hall–Kier alpha value is -0.780. The van der Waals surface area contributed by atoms with Gasteiger partial charge in [0.25, 0.3) is 0 Å². The van der Waals surface area contributed by atoms with Gasteiger partial charge in [0.15, 0.2) is 0 Å². The summed E-state index contributed by atoms with van der Waals surface area (Å²) < 4.78 is 26.9. The van der Waals surface area contributed by atoms with Gasteiger partial charge in [-0.15, -0.1) is 0 Å². The number of aliphatic hydroxyl groups excluding tert-OH is 1. The molecular weight excluding hydrogens is 382 g/mol. The van der Waals surface area contributed by atoms with Crippen molar-refractivity contribution in [1.29, 1.82) is 0 Å². The zero-order valence-corrected chi connectivity index (χ0v) is 12.9. The average Bonchev–Trinajstić information content (AvgIpc) is 2.37. The molecule has 0 amide bonds. The highest BCUT2D eigenvalue weighted by Crippen LogP contribution is 2.25. The van der Waals surface area contributed by atoms with Crippen molar-refractivity contribution in [3.05, 3.63) is 68.1 Å². The van der Waals surface area contributed by atoms with Crippen LogP contribution in [-0.4, -0.2) is 5.11 Å². The van der Waals surface area contributed by atoms with Crippen LogP contribution < -0.4 is 0 Å². The Balaban J connectivity index is 2.17. The van der Waals surface area contributed by atoms with Crippen LogP contribution in [0.15, 0.2) is 45.3 Å². The molecule has 2 aromatic carbocycles. The van der Waals surface area contributed by atoms with Gasteiger partial charge in [-0.3, -0.25) is 0 Å². The molecule has 0 radical (unpaired) electrons. The van der Waals surface area contributed by atoms with Crippen molar-refractivity contribution in [2.45, 2.75) is 12.5 Å². The Morgan fingerprint density at radius 2 is 1.53 bits per heavy atom. The maximum atomic E-state index is 13.1. The first kappa shape index (κ1) is 14.6. The summed E-state index contributed by atoms with van der Waals surface area (Å²) in [5, 5.41) is 10.1. The maximum Gasteiger partial charge on any atom is 0.137 e. The summed E-state index contributed by atoms with van der Waals surface area (Å²) in [6.45, 7) is 0. The third-order valence-electron chi connectivity index (χ3n) is 2.74. The Bertz CT molecular complexity index is 602. The molecular formula is C14H10Br2F2O. The SMILES string of the molecule is OC(Cc1ccc(F)c(Br)c1)c1ccc(F)c(Br)c1. The van der Waals surface area contributed by atoms with E-state index >= 15 is 0 Å². The maximum absolute atomic E-state index is 13.1. The average molecular weight is 392 g/mol. The number of hydrogen-bond donors (Lipinski definition) is 1. The van der Waals surface area contributed by atoms with Gasteiger partial charge >= 0.3 is 0 Å². The van der Waals surface area contributed by atoms with Crippen LogP contribution in [0.25, 0.3) is 0 Å². The van der Waals surface area contributed by atoms with Crippen molar-refractivity contribution in [3.63, 3.8) is 0 Å². The molecule has 0 spiro atoms. The molecule has 0 saturated heterocycles. The summed E-state index contributed by atoms with van der Waals surface area (Å²) in [5.74, 6) is -0.719. The first-order valence-electron chi connectivity index (χ1n) is 5.54. The molecule has 5 heteroatoms. The zero-order chi connectivity index (χ0) is 14.0. The summed E-state index contributed by atoms with van der Waals surface area (Å²) in [7, 11) is 0. The van der Waals surface area contributed by atoms with Gasteiger partial charge in [-0.2, -0.15) is 0 Å². The van der Waals surface area contributed by atoms with Crippen LogP contribution >= 0.6 is 31.9 Å². The van der Waals surface area contributed by atoms with E-state index in [-0.39, 0.29) is 11.6 Å². The number of halogens is 4. The van der Waals surface area contributed by atoms with E-state index in [1.54, 1.807) is 18.2 Å². The van der Waals surface area contributed by atoms with Gasteiger partial charge in [-0.25, -0.2) is 8.78 Å². The molecule has 1 atom stereocenters. The fraction of sp³-hybridized carbons (Fsp3) is 0.143. The molecule has 0 aliphatic carbocycles. The molecule has 2 aromatic rings. The molecule has 19 heavy (non-hydrogen) atoms. The largest absolute Gasteiger partial charge is 0.388 e. The first-order chi connectivity index (χ1) is 8.97. The van der Waals surface area contributed by atoms with E-state index in [4.69, 9.17) is 0 Å². The van der Waals surface area contributed by atoms with Crippen LogP contribution in [-0.2, 0) is 6.42 Å². The molecule has 0 saturated carbocycles. The Labute approximate surface area is 126 Å². The second-order valence-corrected chi connectivity index (χ2v) is 5.85. The smallest absolute Gasteiger partial charge is 0.137 e. The van der Waals surface area contributed by atoms with Gasteiger partial charge in [0.1, 0.15) is 11.6 Å². The van der Waals surface area contributed by atoms with Crippen LogP contribution in [0.4, 0.5) is 8.78 Å². The minimum absolute atomic E-state index is 0.310. The highest BCUT2D eigenvalue weighted by atomic mass is 79.9. The standard InChI is InChI=1S/C14H10Br2F2O/c15-10-5-8(1-3-12(10)17)6-14(19)9-2-4-13(18)11(16)7-9/h1-5,7,14,19H,6H2. The van der Waals surface area contributed by atoms with Gasteiger partial charge in [0, 0.05) is 6.42 Å². The first-order valence-corrected chi connectivity index (χ1v) is 7.13. The fourth-order valence-corrected chi connectivity index (χ4v) is 2.55. The molecule has 0 fully saturated rings. The van der Waals surface area contributed by atoms with E-state index < -0.39 is 6.10 Å². The summed E-state index contributed by atoms with van der Waals surface area (Å²) in [6.07, 6.45) is -0.439. The summed E-state index contributed by atoms with van der Waals surface area (Å²) in [4.78, 5) is 0. The molecule has 0 heterocycles. The zero-order valence-electron chi connectivity index (χ0n) is 9.71. The molecule has 1 nitrogen and oxygen atoms in total. The van der Waals surface area contributed by atoms with Crippen LogP contribution in [0.5, 0.6) is 0 Å². The number of benzene rings is 2. The Morgan fingerprint density at radius 1 is 0.947 bits per heavy atom. The molecule has 0 bridgehead atoms. The minimum atomic E-state index is -0.769. The highest BCUT2D eigenvalue weighted by molar-refractivity contribution is 9.10. The van der Waals surface area contributed by atoms with Crippen LogP contribution in [0.1, 0.15) is 17.2 Å². The van der Waals surface area contributed by atoms with Crippen LogP contribution in [0.2, 0.25) is 0 Å². The number of hydrogen-bond acceptors (Lipinski definition) is 1.